The van der Waals surface area contributed by atoms with Crippen molar-refractivity contribution in [3.8, 4) is 5.75 Å². The maximum absolute atomic E-state index is 10.8. The highest BCUT2D eigenvalue weighted by molar-refractivity contribution is 7.46. The molecule has 0 aromatic heterocycles. The zero-order valence-electron chi connectivity index (χ0n) is 16.4. The summed E-state index contributed by atoms with van der Waals surface area (Å²) >= 11 is 0. The quantitative estimate of drug-likeness (QED) is 0.278. The molecular weight excluding hydrogens is 369 g/mol. The third kappa shape index (κ3) is 10.2. The van der Waals surface area contributed by atoms with Crippen LogP contribution < -0.4 is 10.5 Å². The van der Waals surface area contributed by atoms with Crippen molar-refractivity contribution in [3.63, 3.8) is 0 Å². The van der Waals surface area contributed by atoms with Gasteiger partial charge in [0.2, 0.25) is 0 Å². The minimum absolute atomic E-state index is 0.335. The Labute approximate surface area is 162 Å². The minimum Gasteiger partial charge on any atom is -0.494 e. The second kappa shape index (κ2) is 11.8. The predicted octanol–water partition coefficient (Wildman–Crippen LogP) is 3.08. The molecule has 0 fully saturated rings. The molecule has 0 saturated heterocycles. The Hall–Kier alpha value is -0.950. The zero-order valence-corrected chi connectivity index (χ0v) is 17.3. The van der Waals surface area contributed by atoms with E-state index in [-0.39, 0.29) is 0 Å². The van der Waals surface area contributed by atoms with Gasteiger partial charge in [0.05, 0.1) is 25.4 Å². The molecular formula is C19H34NO6P. The van der Waals surface area contributed by atoms with Gasteiger partial charge in [-0.15, -0.1) is 0 Å². The van der Waals surface area contributed by atoms with Crippen molar-refractivity contribution in [2.45, 2.75) is 64.3 Å². The van der Waals surface area contributed by atoms with Crippen molar-refractivity contribution in [2.75, 3.05) is 19.8 Å². The summed E-state index contributed by atoms with van der Waals surface area (Å²) in [5, 5.41) is 9.47. The van der Waals surface area contributed by atoms with Crippen LogP contribution in [0.5, 0.6) is 5.75 Å². The summed E-state index contributed by atoms with van der Waals surface area (Å²) in [6.45, 7) is 4.05. The van der Waals surface area contributed by atoms with Crippen molar-refractivity contribution in [2.24, 2.45) is 5.73 Å². The second-order valence-corrected chi connectivity index (χ2v) is 8.37. The number of unbranched alkanes of at least 4 members (excludes halogenated alkanes) is 4. The van der Waals surface area contributed by atoms with Crippen molar-refractivity contribution < 1.29 is 28.7 Å². The number of aliphatic hydroxyl groups excluding tert-OH is 1. The number of hydrogen-bond acceptors (Lipinski definition) is 5. The largest absolute Gasteiger partial charge is 0.494 e. The molecule has 0 radical (unpaired) electrons. The average molecular weight is 403 g/mol. The summed E-state index contributed by atoms with van der Waals surface area (Å²) < 4.78 is 21.1. The number of phosphoric ester groups is 1. The van der Waals surface area contributed by atoms with E-state index in [9.17, 15) is 9.67 Å². The van der Waals surface area contributed by atoms with Crippen LogP contribution in [0.15, 0.2) is 18.2 Å². The van der Waals surface area contributed by atoms with E-state index in [1.165, 1.54) is 25.7 Å². The standard InChI is InChI=1S/C19H34NO6P/c1-3-4-5-6-7-12-25-18-9-8-17(16(2)13-18)10-11-19(20,14-21)15-26-27(22,23)24/h8-9,13,21H,3-7,10-12,14-15,20H2,1-2H3,(H2,22,23,24). The highest BCUT2D eigenvalue weighted by Gasteiger charge is 2.28. The van der Waals surface area contributed by atoms with Crippen molar-refractivity contribution in [3.05, 3.63) is 29.3 Å². The van der Waals surface area contributed by atoms with Crippen molar-refractivity contribution >= 4 is 7.82 Å². The van der Waals surface area contributed by atoms with Crippen LogP contribution in [0.25, 0.3) is 0 Å². The molecule has 0 aliphatic rings. The molecule has 27 heavy (non-hydrogen) atoms. The first-order valence-corrected chi connectivity index (χ1v) is 11.0. The monoisotopic (exact) mass is 403 g/mol. The summed E-state index contributed by atoms with van der Waals surface area (Å²) in [5.74, 6) is 0.831. The lowest BCUT2D eigenvalue weighted by Crippen LogP contribution is -2.48. The van der Waals surface area contributed by atoms with Crippen LogP contribution in [0, 0.1) is 6.92 Å². The number of hydrogen-bond donors (Lipinski definition) is 4. The van der Waals surface area contributed by atoms with Gasteiger partial charge < -0.3 is 25.4 Å². The molecule has 0 saturated carbocycles. The molecule has 1 aromatic rings. The topological polar surface area (TPSA) is 122 Å². The fourth-order valence-electron chi connectivity index (χ4n) is 2.73. The summed E-state index contributed by atoms with van der Waals surface area (Å²) in [5.41, 5.74) is 6.89. The first kappa shape index (κ1) is 24.1. The molecule has 1 aromatic carbocycles. The maximum atomic E-state index is 10.8. The van der Waals surface area contributed by atoms with Gasteiger partial charge in [-0.2, -0.15) is 0 Å². The van der Waals surface area contributed by atoms with Gasteiger partial charge in [0, 0.05) is 0 Å². The van der Waals surface area contributed by atoms with Gasteiger partial charge in [-0.3, -0.25) is 4.52 Å². The van der Waals surface area contributed by atoms with Gasteiger partial charge in [-0.25, -0.2) is 4.57 Å². The Morgan fingerprint density at radius 2 is 1.89 bits per heavy atom. The number of rotatable bonds is 14. The molecule has 7 nitrogen and oxygen atoms in total. The molecule has 8 heteroatoms. The molecule has 0 aliphatic carbocycles. The van der Waals surface area contributed by atoms with E-state index in [0.29, 0.717) is 19.4 Å². The average Bonchev–Trinajstić information content (AvgIpc) is 2.61. The van der Waals surface area contributed by atoms with Crippen molar-refractivity contribution in [1.29, 1.82) is 0 Å². The normalized spacial score (nSPS) is 14.1. The van der Waals surface area contributed by atoms with Gasteiger partial charge in [0.1, 0.15) is 5.75 Å². The van der Waals surface area contributed by atoms with Crippen LogP contribution >= 0.6 is 7.82 Å². The predicted molar refractivity (Wildman–Crippen MR) is 106 cm³/mol. The van der Waals surface area contributed by atoms with E-state index in [2.05, 4.69) is 11.4 Å². The van der Waals surface area contributed by atoms with Crippen LogP contribution in [0.2, 0.25) is 0 Å². The highest BCUT2D eigenvalue weighted by Crippen LogP contribution is 2.37. The number of nitrogens with two attached hydrogens (primary N) is 1. The van der Waals surface area contributed by atoms with Crippen LogP contribution in [-0.4, -0.2) is 40.3 Å². The summed E-state index contributed by atoms with van der Waals surface area (Å²) in [4.78, 5) is 17.6. The third-order valence-electron chi connectivity index (χ3n) is 4.56. The SMILES string of the molecule is CCCCCCCOc1ccc(CCC(N)(CO)COP(=O)(O)O)c(C)c1. The lowest BCUT2D eigenvalue weighted by Gasteiger charge is -2.27. The van der Waals surface area contributed by atoms with E-state index >= 15 is 0 Å². The molecule has 0 amide bonds. The van der Waals surface area contributed by atoms with Crippen LogP contribution in [0.3, 0.4) is 0 Å². The summed E-state index contributed by atoms with van der Waals surface area (Å²) in [6, 6.07) is 5.85. The van der Waals surface area contributed by atoms with E-state index in [1.807, 2.05) is 25.1 Å². The van der Waals surface area contributed by atoms with Gasteiger partial charge in [-0.05, 0) is 49.4 Å². The molecule has 0 heterocycles. The maximum Gasteiger partial charge on any atom is 0.469 e. The summed E-state index contributed by atoms with van der Waals surface area (Å²) in [7, 11) is -4.61. The molecule has 1 unspecified atom stereocenters. The van der Waals surface area contributed by atoms with Gasteiger partial charge in [0.25, 0.3) is 0 Å². The molecule has 0 aliphatic heterocycles. The van der Waals surface area contributed by atoms with Crippen molar-refractivity contribution in [1.82, 2.24) is 0 Å². The molecule has 1 atom stereocenters. The number of aryl methyl sites for hydroxylation is 2. The summed E-state index contributed by atoms with van der Waals surface area (Å²) in [6.07, 6.45) is 6.87. The molecule has 5 N–H and O–H groups in total. The van der Waals surface area contributed by atoms with E-state index in [0.717, 1.165) is 23.3 Å². The Morgan fingerprint density at radius 1 is 1.19 bits per heavy atom. The first-order chi connectivity index (χ1) is 12.7. The molecule has 156 valence electrons. The number of ether oxygens (including phenoxy) is 1. The molecule has 0 spiro atoms. The fourth-order valence-corrected chi connectivity index (χ4v) is 3.15. The van der Waals surface area contributed by atoms with Gasteiger partial charge in [0.15, 0.2) is 0 Å². The first-order valence-electron chi connectivity index (χ1n) is 9.51. The fraction of sp³-hybridized carbons (Fsp3) is 0.684. The zero-order chi connectivity index (χ0) is 20.3. The van der Waals surface area contributed by atoms with Crippen LogP contribution in [0.1, 0.15) is 56.6 Å². The smallest absolute Gasteiger partial charge is 0.469 e. The van der Waals surface area contributed by atoms with Gasteiger partial charge in [-0.1, -0.05) is 38.7 Å². The lowest BCUT2D eigenvalue weighted by atomic mass is 9.92. The minimum atomic E-state index is -4.61. The Balaban J connectivity index is 2.50. The van der Waals surface area contributed by atoms with Gasteiger partial charge >= 0.3 is 7.82 Å². The van der Waals surface area contributed by atoms with Crippen LogP contribution in [-0.2, 0) is 15.5 Å². The van der Waals surface area contributed by atoms with Crippen LogP contribution in [0.4, 0.5) is 0 Å². The highest BCUT2D eigenvalue weighted by atomic mass is 31.2. The second-order valence-electron chi connectivity index (χ2n) is 7.14. The number of benzene rings is 1. The Kier molecular flexibility index (Phi) is 10.5. The molecule has 1 rings (SSSR count). The number of aliphatic hydroxyl groups is 1. The van der Waals surface area contributed by atoms with E-state index in [4.69, 9.17) is 20.3 Å². The lowest BCUT2D eigenvalue weighted by molar-refractivity contribution is 0.102. The van der Waals surface area contributed by atoms with E-state index in [1.54, 1.807) is 0 Å². The third-order valence-corrected chi connectivity index (χ3v) is 5.02. The Morgan fingerprint density at radius 3 is 2.48 bits per heavy atom. The Bertz CT molecular complexity index is 606. The number of phosphoric acid groups is 1. The van der Waals surface area contributed by atoms with E-state index < -0.39 is 26.6 Å². The molecule has 0 bridgehead atoms.